The first-order valence-electron chi connectivity index (χ1n) is 6.63. The van der Waals surface area contributed by atoms with Crippen LogP contribution in [0.4, 0.5) is 10.1 Å². The van der Waals surface area contributed by atoms with Crippen LogP contribution >= 0.6 is 12.2 Å². The lowest BCUT2D eigenvalue weighted by Crippen LogP contribution is -2.39. The minimum Gasteiger partial charge on any atom is -0.389 e. The molecular weight excluding hydrogens is 277 g/mol. The number of amides is 1. The molecule has 1 heterocycles. The number of anilines is 1. The predicted molar refractivity (Wildman–Crippen MR) is 81.2 cm³/mol. The number of nitrogens with zero attached hydrogens (tertiary/aromatic N) is 1. The Morgan fingerprint density at radius 1 is 1.45 bits per heavy atom. The van der Waals surface area contributed by atoms with Crippen molar-refractivity contribution in [2.45, 2.75) is 25.8 Å². The summed E-state index contributed by atoms with van der Waals surface area (Å²) in [5.74, 6) is -0.440. The van der Waals surface area contributed by atoms with Gasteiger partial charge in [-0.25, -0.2) is 4.39 Å². The smallest absolute Gasteiger partial charge is 0.244 e. The van der Waals surface area contributed by atoms with E-state index in [1.165, 1.54) is 12.1 Å². The maximum Gasteiger partial charge on any atom is 0.244 e. The average Bonchev–Trinajstić information content (AvgIpc) is 2.91. The normalized spacial score (nSPS) is 16.0. The largest absolute Gasteiger partial charge is 0.389 e. The summed E-state index contributed by atoms with van der Waals surface area (Å²) in [5, 5.41) is 3.01. The van der Waals surface area contributed by atoms with Gasteiger partial charge in [-0.05, 0) is 38.0 Å². The molecule has 1 aromatic carbocycles. The van der Waals surface area contributed by atoms with Gasteiger partial charge in [0.1, 0.15) is 16.8 Å². The van der Waals surface area contributed by atoms with Gasteiger partial charge in [0, 0.05) is 24.3 Å². The van der Waals surface area contributed by atoms with E-state index >= 15 is 0 Å². The van der Waals surface area contributed by atoms with Crippen LogP contribution in [0.15, 0.2) is 18.2 Å². The maximum atomic E-state index is 13.8. The summed E-state index contributed by atoms with van der Waals surface area (Å²) in [5.41, 5.74) is 6.16. The van der Waals surface area contributed by atoms with E-state index in [0.717, 1.165) is 25.9 Å². The summed E-state index contributed by atoms with van der Waals surface area (Å²) in [6.45, 7) is 3.39. The first-order chi connectivity index (χ1) is 9.49. The predicted octanol–water partition coefficient (Wildman–Crippen LogP) is 1.88. The molecule has 0 radical (unpaired) electrons. The van der Waals surface area contributed by atoms with Gasteiger partial charge in [-0.2, -0.15) is 0 Å². The SMILES string of the molecule is CC(Nc1ccc(C(N)=S)c(F)c1)C(=O)N1CCCC1. The van der Waals surface area contributed by atoms with Crippen LogP contribution in [0.25, 0.3) is 0 Å². The average molecular weight is 295 g/mol. The Hall–Kier alpha value is -1.69. The van der Waals surface area contributed by atoms with Crippen molar-refractivity contribution in [1.29, 1.82) is 0 Å². The number of halogens is 1. The molecule has 0 bridgehead atoms. The monoisotopic (exact) mass is 295 g/mol. The Kier molecular flexibility index (Phi) is 4.54. The molecule has 1 aromatic rings. The highest BCUT2D eigenvalue weighted by Gasteiger charge is 2.23. The Labute approximate surface area is 123 Å². The van der Waals surface area contributed by atoms with Crippen LogP contribution in [-0.4, -0.2) is 34.9 Å². The van der Waals surface area contributed by atoms with Gasteiger partial charge < -0.3 is 16.0 Å². The highest BCUT2D eigenvalue weighted by Crippen LogP contribution is 2.17. The zero-order chi connectivity index (χ0) is 14.7. The van der Waals surface area contributed by atoms with Crippen molar-refractivity contribution >= 4 is 28.8 Å². The summed E-state index contributed by atoms with van der Waals surface area (Å²) in [6.07, 6.45) is 2.10. The van der Waals surface area contributed by atoms with Gasteiger partial charge >= 0.3 is 0 Å². The van der Waals surface area contributed by atoms with Crippen molar-refractivity contribution in [2.75, 3.05) is 18.4 Å². The number of likely N-dealkylation sites (tertiary alicyclic amines) is 1. The number of carbonyl (C=O) groups is 1. The zero-order valence-corrected chi connectivity index (χ0v) is 12.2. The molecule has 0 saturated carbocycles. The van der Waals surface area contributed by atoms with Crippen molar-refractivity contribution in [2.24, 2.45) is 5.73 Å². The van der Waals surface area contributed by atoms with Crippen LogP contribution in [0.1, 0.15) is 25.3 Å². The fourth-order valence-corrected chi connectivity index (χ4v) is 2.49. The molecule has 1 aliphatic rings. The summed E-state index contributed by atoms with van der Waals surface area (Å²) >= 11 is 4.75. The molecule has 1 unspecified atom stereocenters. The van der Waals surface area contributed by atoms with Gasteiger partial charge in [0.05, 0.1) is 0 Å². The molecule has 0 aliphatic carbocycles. The Morgan fingerprint density at radius 2 is 2.10 bits per heavy atom. The van der Waals surface area contributed by atoms with Crippen molar-refractivity contribution in [1.82, 2.24) is 4.90 Å². The van der Waals surface area contributed by atoms with E-state index in [2.05, 4.69) is 5.32 Å². The third-order valence-corrected chi connectivity index (χ3v) is 3.63. The van der Waals surface area contributed by atoms with Crippen molar-refractivity contribution in [3.05, 3.63) is 29.6 Å². The van der Waals surface area contributed by atoms with Crippen LogP contribution in [0, 0.1) is 5.82 Å². The lowest BCUT2D eigenvalue weighted by molar-refractivity contribution is -0.130. The van der Waals surface area contributed by atoms with Gasteiger partial charge in [-0.15, -0.1) is 0 Å². The first-order valence-corrected chi connectivity index (χ1v) is 7.04. The topological polar surface area (TPSA) is 58.4 Å². The molecule has 1 saturated heterocycles. The van der Waals surface area contributed by atoms with E-state index in [4.69, 9.17) is 18.0 Å². The lowest BCUT2D eigenvalue weighted by Gasteiger charge is -2.22. The molecule has 20 heavy (non-hydrogen) atoms. The molecule has 108 valence electrons. The molecule has 0 spiro atoms. The fourth-order valence-electron chi connectivity index (χ4n) is 2.33. The van der Waals surface area contributed by atoms with Crippen LogP contribution in [0.2, 0.25) is 0 Å². The second-order valence-electron chi connectivity index (χ2n) is 4.96. The molecule has 2 rings (SSSR count). The van der Waals surface area contributed by atoms with E-state index in [1.807, 2.05) is 4.90 Å². The fraction of sp³-hybridized carbons (Fsp3) is 0.429. The van der Waals surface area contributed by atoms with Crippen LogP contribution in [0.3, 0.4) is 0 Å². The van der Waals surface area contributed by atoms with Crippen molar-refractivity contribution in [3.8, 4) is 0 Å². The summed E-state index contributed by atoms with van der Waals surface area (Å²) < 4.78 is 13.8. The number of carbonyl (C=O) groups excluding carboxylic acids is 1. The summed E-state index contributed by atoms with van der Waals surface area (Å²) in [6, 6.07) is 4.11. The van der Waals surface area contributed by atoms with E-state index in [0.29, 0.717) is 5.69 Å². The number of benzene rings is 1. The molecular formula is C14H18FN3OS. The molecule has 1 amide bonds. The Bertz CT molecular complexity index is 529. The standard InChI is InChI=1S/C14H18FN3OS/c1-9(14(19)18-6-2-3-7-18)17-10-4-5-11(13(16)20)12(15)8-10/h4-5,8-9,17H,2-3,6-7H2,1H3,(H2,16,20). The number of nitrogens with one attached hydrogen (secondary N) is 1. The van der Waals surface area contributed by atoms with Crippen LogP contribution < -0.4 is 11.1 Å². The number of hydrogen-bond acceptors (Lipinski definition) is 3. The van der Waals surface area contributed by atoms with Crippen molar-refractivity contribution in [3.63, 3.8) is 0 Å². The second kappa shape index (κ2) is 6.17. The molecule has 6 heteroatoms. The van der Waals surface area contributed by atoms with E-state index in [-0.39, 0.29) is 22.5 Å². The zero-order valence-electron chi connectivity index (χ0n) is 11.4. The minimum absolute atomic E-state index is 0.0234. The highest BCUT2D eigenvalue weighted by molar-refractivity contribution is 7.80. The first kappa shape index (κ1) is 14.7. The summed E-state index contributed by atoms with van der Waals surface area (Å²) in [4.78, 5) is 14.0. The maximum absolute atomic E-state index is 13.8. The van der Waals surface area contributed by atoms with Gasteiger partial charge in [0.15, 0.2) is 0 Å². The van der Waals surface area contributed by atoms with Crippen molar-refractivity contribution < 1.29 is 9.18 Å². The van der Waals surface area contributed by atoms with Crippen LogP contribution in [-0.2, 0) is 4.79 Å². The van der Waals surface area contributed by atoms with Gasteiger partial charge in [0.2, 0.25) is 5.91 Å². The van der Waals surface area contributed by atoms with E-state index < -0.39 is 5.82 Å². The third kappa shape index (κ3) is 3.25. The number of rotatable bonds is 4. The Morgan fingerprint density at radius 3 is 2.65 bits per heavy atom. The minimum atomic E-state index is -0.483. The van der Waals surface area contributed by atoms with E-state index in [9.17, 15) is 9.18 Å². The lowest BCUT2D eigenvalue weighted by atomic mass is 10.1. The molecule has 4 nitrogen and oxygen atoms in total. The molecule has 0 aromatic heterocycles. The molecule has 1 aliphatic heterocycles. The van der Waals surface area contributed by atoms with Gasteiger partial charge in [-0.1, -0.05) is 12.2 Å². The molecule has 1 atom stereocenters. The third-order valence-electron chi connectivity index (χ3n) is 3.41. The molecule has 3 N–H and O–H groups in total. The number of nitrogens with two attached hydrogens (primary N) is 1. The summed E-state index contributed by atoms with van der Waals surface area (Å²) in [7, 11) is 0. The quantitative estimate of drug-likeness (QED) is 0.833. The molecule has 1 fully saturated rings. The van der Waals surface area contributed by atoms with Crippen LogP contribution in [0.5, 0.6) is 0 Å². The van der Waals surface area contributed by atoms with E-state index in [1.54, 1.807) is 13.0 Å². The highest BCUT2D eigenvalue weighted by atomic mass is 32.1. The number of thiocarbonyl (C=S) groups is 1. The Balaban J connectivity index is 2.04. The van der Waals surface area contributed by atoms with Gasteiger partial charge in [0.25, 0.3) is 0 Å². The number of hydrogen-bond donors (Lipinski definition) is 2. The van der Waals surface area contributed by atoms with Gasteiger partial charge in [-0.3, -0.25) is 4.79 Å². The second-order valence-corrected chi connectivity index (χ2v) is 5.40.